The second-order valence-corrected chi connectivity index (χ2v) is 8.18. The van der Waals surface area contributed by atoms with Gasteiger partial charge in [0.25, 0.3) is 5.91 Å². The first kappa shape index (κ1) is 21.9. The van der Waals surface area contributed by atoms with E-state index in [9.17, 15) is 9.59 Å². The Labute approximate surface area is 186 Å². The maximum Gasteiger partial charge on any atom is 0.253 e. The number of hydrogen-bond acceptors (Lipinski definition) is 3. The maximum atomic E-state index is 12.8. The number of nitrogens with one attached hydrogen (secondary N) is 2. The molecule has 2 N–H and O–H groups in total. The van der Waals surface area contributed by atoms with Gasteiger partial charge in [-0.15, -0.1) is 11.8 Å². The molecule has 1 atom stereocenters. The van der Waals surface area contributed by atoms with Crippen LogP contribution >= 0.6 is 23.4 Å². The molecule has 0 aliphatic rings. The van der Waals surface area contributed by atoms with Crippen molar-refractivity contribution >= 4 is 40.9 Å². The summed E-state index contributed by atoms with van der Waals surface area (Å²) in [5.74, 6) is 0.514. The Morgan fingerprint density at radius 2 is 1.60 bits per heavy atom. The third-order valence-electron chi connectivity index (χ3n) is 4.54. The van der Waals surface area contributed by atoms with Crippen LogP contribution in [0.4, 0.5) is 5.69 Å². The van der Waals surface area contributed by atoms with E-state index in [0.717, 1.165) is 11.1 Å². The maximum absolute atomic E-state index is 12.8. The minimum absolute atomic E-state index is 0.145. The molecule has 0 heterocycles. The fourth-order valence-electron chi connectivity index (χ4n) is 2.94. The Kier molecular flexibility index (Phi) is 7.94. The van der Waals surface area contributed by atoms with Gasteiger partial charge in [-0.25, -0.2) is 0 Å². The van der Waals surface area contributed by atoms with Crippen LogP contribution in [0.5, 0.6) is 0 Å². The molecule has 4 nitrogen and oxygen atoms in total. The van der Waals surface area contributed by atoms with Gasteiger partial charge in [0.05, 0.1) is 23.0 Å². The van der Waals surface area contributed by atoms with Gasteiger partial charge in [0.15, 0.2) is 0 Å². The van der Waals surface area contributed by atoms with Crippen LogP contribution in [0.25, 0.3) is 0 Å². The number of carbonyl (C=O) groups excluding carboxylic acids is 2. The molecule has 3 aromatic rings. The van der Waals surface area contributed by atoms with E-state index >= 15 is 0 Å². The molecule has 0 aliphatic carbocycles. The molecule has 154 valence electrons. The number of rotatable bonds is 8. The average Bonchev–Trinajstić information content (AvgIpc) is 2.76. The third-order valence-corrected chi connectivity index (χ3v) is 5.89. The number of benzene rings is 3. The monoisotopic (exact) mass is 438 g/mol. The van der Waals surface area contributed by atoms with Crippen molar-refractivity contribution in [2.75, 3.05) is 11.1 Å². The van der Waals surface area contributed by atoms with Crippen LogP contribution in [0, 0.1) is 0 Å². The highest BCUT2D eigenvalue weighted by Crippen LogP contribution is 2.22. The van der Waals surface area contributed by atoms with E-state index in [2.05, 4.69) is 10.6 Å². The molecule has 0 bridgehead atoms. The van der Waals surface area contributed by atoms with Gasteiger partial charge in [-0.05, 0) is 36.2 Å². The van der Waals surface area contributed by atoms with Crippen molar-refractivity contribution in [2.45, 2.75) is 18.7 Å². The minimum atomic E-state index is -0.231. The van der Waals surface area contributed by atoms with E-state index in [4.69, 9.17) is 11.6 Å². The standard InChI is InChI=1S/C24H23ClN2O2S/c1-17(18-9-3-2-4-10-18)26-24(29)20-12-6-8-14-22(20)27-23(28)16-30-15-19-11-5-7-13-21(19)25/h2-14,17H,15-16H2,1H3,(H,26,29)(H,27,28)/t17-/m1/s1. The summed E-state index contributed by atoms with van der Waals surface area (Å²) < 4.78 is 0. The number of halogens is 1. The molecule has 0 saturated heterocycles. The van der Waals surface area contributed by atoms with E-state index < -0.39 is 0 Å². The SMILES string of the molecule is C[C@@H](NC(=O)c1ccccc1NC(=O)CSCc1ccccc1Cl)c1ccccc1. The van der Waals surface area contributed by atoms with Gasteiger partial charge in [0.1, 0.15) is 0 Å². The molecular weight excluding hydrogens is 416 g/mol. The van der Waals surface area contributed by atoms with E-state index in [1.165, 1.54) is 11.8 Å². The third kappa shape index (κ3) is 6.12. The molecule has 0 aromatic heterocycles. The fourth-order valence-corrected chi connectivity index (χ4v) is 4.06. The summed E-state index contributed by atoms with van der Waals surface area (Å²) in [5.41, 5.74) is 2.94. The lowest BCUT2D eigenvalue weighted by atomic mass is 10.1. The van der Waals surface area contributed by atoms with Gasteiger partial charge in [0.2, 0.25) is 5.91 Å². The van der Waals surface area contributed by atoms with E-state index in [0.29, 0.717) is 22.0 Å². The van der Waals surface area contributed by atoms with Crippen molar-refractivity contribution in [2.24, 2.45) is 0 Å². The first-order valence-corrected chi connectivity index (χ1v) is 11.1. The molecule has 3 rings (SSSR count). The van der Waals surface area contributed by atoms with Gasteiger partial charge in [-0.3, -0.25) is 9.59 Å². The summed E-state index contributed by atoms with van der Waals surface area (Å²) in [5, 5.41) is 6.53. The summed E-state index contributed by atoms with van der Waals surface area (Å²) in [6.07, 6.45) is 0. The van der Waals surface area contributed by atoms with Crippen molar-refractivity contribution in [1.29, 1.82) is 0 Å². The normalized spacial score (nSPS) is 11.5. The van der Waals surface area contributed by atoms with Crippen LogP contribution in [-0.2, 0) is 10.5 Å². The zero-order valence-corrected chi connectivity index (χ0v) is 18.2. The van der Waals surface area contributed by atoms with E-state index in [1.807, 2.05) is 61.5 Å². The highest BCUT2D eigenvalue weighted by atomic mass is 35.5. The number of hydrogen-bond donors (Lipinski definition) is 2. The second kappa shape index (κ2) is 10.9. The highest BCUT2D eigenvalue weighted by Gasteiger charge is 2.16. The zero-order chi connectivity index (χ0) is 21.3. The predicted octanol–water partition coefficient (Wildman–Crippen LogP) is 5.70. The molecule has 0 aliphatic heterocycles. The van der Waals surface area contributed by atoms with Crippen LogP contribution in [0.15, 0.2) is 78.9 Å². The van der Waals surface area contributed by atoms with Gasteiger partial charge >= 0.3 is 0 Å². The van der Waals surface area contributed by atoms with Gasteiger partial charge < -0.3 is 10.6 Å². The van der Waals surface area contributed by atoms with Gasteiger partial charge in [-0.1, -0.05) is 72.3 Å². The largest absolute Gasteiger partial charge is 0.345 e. The Bertz CT molecular complexity index is 1010. The lowest BCUT2D eigenvalue weighted by Gasteiger charge is -2.16. The number of para-hydroxylation sites is 1. The average molecular weight is 439 g/mol. The fraction of sp³-hybridized carbons (Fsp3) is 0.167. The minimum Gasteiger partial charge on any atom is -0.345 e. The van der Waals surface area contributed by atoms with Crippen molar-refractivity contribution in [1.82, 2.24) is 5.32 Å². The molecule has 0 saturated carbocycles. The first-order valence-electron chi connectivity index (χ1n) is 9.60. The van der Waals surface area contributed by atoms with Crippen molar-refractivity contribution in [3.8, 4) is 0 Å². The summed E-state index contributed by atoms with van der Waals surface area (Å²) in [6, 6.07) is 24.2. The number of thioether (sulfide) groups is 1. The van der Waals surface area contributed by atoms with Crippen LogP contribution < -0.4 is 10.6 Å². The quantitative estimate of drug-likeness (QED) is 0.474. The second-order valence-electron chi connectivity index (χ2n) is 6.78. The topological polar surface area (TPSA) is 58.2 Å². The van der Waals surface area contributed by atoms with Crippen LogP contribution in [0.3, 0.4) is 0 Å². The Morgan fingerprint density at radius 3 is 2.37 bits per heavy atom. The van der Waals surface area contributed by atoms with Gasteiger partial charge in [-0.2, -0.15) is 0 Å². The molecular formula is C24H23ClN2O2S. The van der Waals surface area contributed by atoms with Crippen molar-refractivity contribution in [3.05, 3.63) is 101 Å². The molecule has 30 heavy (non-hydrogen) atoms. The van der Waals surface area contributed by atoms with E-state index in [-0.39, 0.29) is 23.6 Å². The highest BCUT2D eigenvalue weighted by molar-refractivity contribution is 7.99. The van der Waals surface area contributed by atoms with Gasteiger partial charge in [0, 0.05) is 10.8 Å². The Balaban J connectivity index is 1.58. The van der Waals surface area contributed by atoms with Crippen LogP contribution in [0.2, 0.25) is 5.02 Å². The smallest absolute Gasteiger partial charge is 0.253 e. The number of anilines is 1. The first-order chi connectivity index (χ1) is 14.5. The lowest BCUT2D eigenvalue weighted by molar-refractivity contribution is -0.113. The Hall–Kier alpha value is -2.76. The molecule has 3 aromatic carbocycles. The molecule has 0 fully saturated rings. The molecule has 0 radical (unpaired) electrons. The van der Waals surface area contributed by atoms with Crippen LogP contribution in [-0.4, -0.2) is 17.6 Å². The Morgan fingerprint density at radius 1 is 0.933 bits per heavy atom. The molecule has 0 spiro atoms. The lowest BCUT2D eigenvalue weighted by Crippen LogP contribution is -2.28. The number of amides is 2. The van der Waals surface area contributed by atoms with Crippen molar-refractivity contribution < 1.29 is 9.59 Å². The predicted molar refractivity (Wildman–Crippen MR) is 125 cm³/mol. The number of carbonyl (C=O) groups is 2. The van der Waals surface area contributed by atoms with Crippen molar-refractivity contribution in [3.63, 3.8) is 0 Å². The summed E-state index contributed by atoms with van der Waals surface area (Å²) >= 11 is 7.63. The summed E-state index contributed by atoms with van der Waals surface area (Å²) in [4.78, 5) is 25.2. The molecule has 2 amide bonds. The zero-order valence-electron chi connectivity index (χ0n) is 16.6. The van der Waals surface area contributed by atoms with E-state index in [1.54, 1.807) is 24.3 Å². The summed E-state index contributed by atoms with van der Waals surface area (Å²) in [6.45, 7) is 1.93. The van der Waals surface area contributed by atoms with Crippen LogP contribution in [0.1, 0.15) is 34.5 Å². The molecule has 0 unspecified atom stereocenters. The molecule has 6 heteroatoms. The summed E-state index contributed by atoms with van der Waals surface area (Å²) in [7, 11) is 0.